The van der Waals surface area contributed by atoms with E-state index in [9.17, 15) is 4.79 Å². The van der Waals surface area contributed by atoms with Crippen LogP contribution in [0.4, 0.5) is 4.79 Å². The van der Waals surface area contributed by atoms with Gasteiger partial charge >= 0.3 is 6.03 Å². The van der Waals surface area contributed by atoms with Crippen molar-refractivity contribution in [3.05, 3.63) is 59.7 Å². The third kappa shape index (κ3) is 4.28. The molecule has 5 nitrogen and oxygen atoms in total. The minimum absolute atomic E-state index is 0.00274. The zero-order valence-corrected chi connectivity index (χ0v) is 15.3. The van der Waals surface area contributed by atoms with Crippen LogP contribution in [0.2, 0.25) is 0 Å². The predicted octanol–water partition coefficient (Wildman–Crippen LogP) is 4.39. The van der Waals surface area contributed by atoms with Gasteiger partial charge in [-0.3, -0.25) is 0 Å². The number of ether oxygens (including phenoxy) is 2. The summed E-state index contributed by atoms with van der Waals surface area (Å²) >= 11 is 0. The molecule has 0 fully saturated rings. The Morgan fingerprint density at radius 2 is 1.77 bits per heavy atom. The highest BCUT2D eigenvalue weighted by atomic mass is 16.7. The Hall–Kier alpha value is -2.69. The van der Waals surface area contributed by atoms with Crippen LogP contribution in [-0.2, 0) is 6.54 Å². The molecule has 5 heteroatoms. The van der Waals surface area contributed by atoms with Crippen LogP contribution in [0.1, 0.15) is 43.9 Å². The van der Waals surface area contributed by atoms with E-state index >= 15 is 0 Å². The van der Waals surface area contributed by atoms with E-state index < -0.39 is 0 Å². The lowest BCUT2D eigenvalue weighted by Gasteiger charge is -2.27. The van der Waals surface area contributed by atoms with Crippen molar-refractivity contribution in [1.29, 1.82) is 0 Å². The van der Waals surface area contributed by atoms with Crippen LogP contribution in [0.25, 0.3) is 0 Å². The average molecular weight is 354 g/mol. The van der Waals surface area contributed by atoms with Crippen LogP contribution in [-0.4, -0.2) is 12.8 Å². The second kappa shape index (κ2) is 8.61. The molecule has 0 aromatic heterocycles. The van der Waals surface area contributed by atoms with Gasteiger partial charge in [0.25, 0.3) is 0 Å². The summed E-state index contributed by atoms with van der Waals surface area (Å²) in [5, 5.41) is 6.10. The number of rotatable bonds is 7. The quantitative estimate of drug-likeness (QED) is 0.775. The fraction of sp³-hybridized carbons (Fsp3) is 0.381. The lowest BCUT2D eigenvalue weighted by molar-refractivity contribution is 0.174. The van der Waals surface area contributed by atoms with Gasteiger partial charge < -0.3 is 20.1 Å². The molecule has 1 aliphatic heterocycles. The smallest absolute Gasteiger partial charge is 0.315 e. The Labute approximate surface area is 154 Å². The Morgan fingerprint density at radius 3 is 2.50 bits per heavy atom. The molecule has 1 atom stereocenters. The highest BCUT2D eigenvalue weighted by Gasteiger charge is 2.22. The van der Waals surface area contributed by atoms with E-state index in [1.54, 1.807) is 0 Å². The summed E-state index contributed by atoms with van der Waals surface area (Å²) < 4.78 is 10.7. The molecule has 0 radical (unpaired) electrons. The summed E-state index contributed by atoms with van der Waals surface area (Å²) in [6.45, 7) is 5.01. The van der Waals surface area contributed by atoms with Gasteiger partial charge in [0.15, 0.2) is 11.5 Å². The van der Waals surface area contributed by atoms with Crippen LogP contribution in [0.15, 0.2) is 48.5 Å². The first-order valence-electron chi connectivity index (χ1n) is 9.19. The molecule has 0 saturated heterocycles. The highest BCUT2D eigenvalue weighted by Crippen LogP contribution is 2.32. The van der Waals surface area contributed by atoms with Gasteiger partial charge in [-0.2, -0.15) is 0 Å². The molecule has 2 N–H and O–H groups in total. The first kappa shape index (κ1) is 18.1. The van der Waals surface area contributed by atoms with E-state index in [1.807, 2.05) is 36.4 Å². The van der Waals surface area contributed by atoms with Crippen molar-refractivity contribution in [2.24, 2.45) is 5.92 Å². The minimum atomic E-state index is -0.164. The molecule has 2 amide bonds. The molecule has 0 unspecified atom stereocenters. The van der Waals surface area contributed by atoms with Crippen LogP contribution in [0.5, 0.6) is 11.5 Å². The lowest BCUT2D eigenvalue weighted by atomic mass is 9.89. The van der Waals surface area contributed by atoms with Crippen molar-refractivity contribution in [3.8, 4) is 11.5 Å². The molecule has 0 aliphatic carbocycles. The Kier molecular flexibility index (Phi) is 6.00. The molecule has 0 spiro atoms. The monoisotopic (exact) mass is 354 g/mol. The van der Waals surface area contributed by atoms with Crippen molar-refractivity contribution in [2.75, 3.05) is 6.79 Å². The van der Waals surface area contributed by atoms with Crippen LogP contribution in [0.3, 0.4) is 0 Å². The Balaban J connectivity index is 1.62. The van der Waals surface area contributed by atoms with E-state index in [-0.39, 0.29) is 18.9 Å². The van der Waals surface area contributed by atoms with Crippen LogP contribution in [0, 0.1) is 5.92 Å². The maximum Gasteiger partial charge on any atom is 0.315 e. The largest absolute Gasteiger partial charge is 0.454 e. The summed E-state index contributed by atoms with van der Waals surface area (Å²) in [7, 11) is 0. The molecule has 2 aromatic carbocycles. The standard InChI is InChI=1S/C21H26N2O3/c1-3-16(4-2)20(17-8-6-5-7-9-17)23-21(24)22-13-15-10-11-18-19(12-15)26-14-25-18/h5-12,16,20H,3-4,13-14H2,1-2H3,(H2,22,23,24)/t20-/m1/s1. The number of benzene rings is 2. The maximum absolute atomic E-state index is 12.5. The molecule has 1 aliphatic rings. The molecule has 26 heavy (non-hydrogen) atoms. The van der Waals surface area contributed by atoms with Gasteiger partial charge in [-0.05, 0) is 29.2 Å². The number of carbonyl (C=O) groups excluding carboxylic acids is 1. The fourth-order valence-electron chi connectivity index (χ4n) is 3.32. The van der Waals surface area contributed by atoms with Crippen molar-refractivity contribution in [2.45, 2.75) is 39.3 Å². The van der Waals surface area contributed by atoms with Gasteiger partial charge in [-0.15, -0.1) is 0 Å². The van der Waals surface area contributed by atoms with Gasteiger partial charge in [-0.25, -0.2) is 4.79 Å². The zero-order chi connectivity index (χ0) is 18.4. The van der Waals surface area contributed by atoms with Gasteiger partial charge in [0.05, 0.1) is 6.04 Å². The van der Waals surface area contributed by atoms with Gasteiger partial charge in [0.2, 0.25) is 6.79 Å². The molecule has 0 saturated carbocycles. The number of amides is 2. The molecule has 3 rings (SSSR count). The van der Waals surface area contributed by atoms with Crippen molar-refractivity contribution in [3.63, 3.8) is 0 Å². The summed E-state index contributed by atoms with van der Waals surface area (Å²) in [5.74, 6) is 1.87. The number of hydrogen-bond donors (Lipinski definition) is 2. The average Bonchev–Trinajstić information content (AvgIpc) is 3.15. The second-order valence-electron chi connectivity index (χ2n) is 6.48. The van der Waals surface area contributed by atoms with Crippen molar-refractivity contribution >= 4 is 6.03 Å². The molecule has 1 heterocycles. The van der Waals surface area contributed by atoms with Crippen molar-refractivity contribution in [1.82, 2.24) is 10.6 Å². The number of fused-ring (bicyclic) bond motifs is 1. The second-order valence-corrected chi connectivity index (χ2v) is 6.48. The topological polar surface area (TPSA) is 59.6 Å². The van der Waals surface area contributed by atoms with E-state index in [1.165, 1.54) is 0 Å². The maximum atomic E-state index is 12.5. The highest BCUT2D eigenvalue weighted by molar-refractivity contribution is 5.74. The third-order valence-electron chi connectivity index (χ3n) is 4.86. The SMILES string of the molecule is CCC(CC)[C@@H](NC(=O)NCc1ccc2c(c1)OCO2)c1ccccc1. The zero-order valence-electron chi connectivity index (χ0n) is 15.3. The van der Waals surface area contributed by atoms with E-state index in [4.69, 9.17) is 9.47 Å². The first-order valence-corrected chi connectivity index (χ1v) is 9.19. The predicted molar refractivity (Wildman–Crippen MR) is 101 cm³/mol. The molecular formula is C21H26N2O3. The van der Waals surface area contributed by atoms with E-state index in [0.717, 1.165) is 35.5 Å². The number of nitrogens with one attached hydrogen (secondary N) is 2. The number of carbonyl (C=O) groups is 1. The summed E-state index contributed by atoms with van der Waals surface area (Å²) in [4.78, 5) is 12.5. The minimum Gasteiger partial charge on any atom is -0.454 e. The normalized spacial score (nSPS) is 13.5. The van der Waals surface area contributed by atoms with E-state index in [0.29, 0.717) is 12.5 Å². The summed E-state index contributed by atoms with van der Waals surface area (Å²) in [5.41, 5.74) is 2.11. The molecule has 2 aromatic rings. The molecule has 0 bridgehead atoms. The summed E-state index contributed by atoms with van der Waals surface area (Å²) in [6, 6.07) is 15.7. The van der Waals surface area contributed by atoms with Crippen LogP contribution >= 0.6 is 0 Å². The lowest BCUT2D eigenvalue weighted by Crippen LogP contribution is -2.40. The summed E-state index contributed by atoms with van der Waals surface area (Å²) in [6.07, 6.45) is 2.02. The van der Waals surface area contributed by atoms with Gasteiger partial charge in [0.1, 0.15) is 0 Å². The third-order valence-corrected chi connectivity index (χ3v) is 4.86. The molecular weight excluding hydrogens is 328 g/mol. The first-order chi connectivity index (χ1) is 12.7. The van der Waals surface area contributed by atoms with Crippen molar-refractivity contribution < 1.29 is 14.3 Å². The van der Waals surface area contributed by atoms with Gasteiger partial charge in [-0.1, -0.05) is 63.1 Å². The van der Waals surface area contributed by atoms with E-state index in [2.05, 4.69) is 36.6 Å². The van der Waals surface area contributed by atoms with Crippen LogP contribution < -0.4 is 20.1 Å². The Morgan fingerprint density at radius 1 is 1.04 bits per heavy atom. The molecule has 138 valence electrons. The fourth-order valence-corrected chi connectivity index (χ4v) is 3.32. The number of hydrogen-bond acceptors (Lipinski definition) is 3. The Bertz CT molecular complexity index is 729. The number of urea groups is 1. The van der Waals surface area contributed by atoms with Gasteiger partial charge in [0, 0.05) is 6.54 Å².